The Morgan fingerprint density at radius 2 is 2.25 bits per heavy atom. The summed E-state index contributed by atoms with van der Waals surface area (Å²) in [5.41, 5.74) is 0.720. The van der Waals surface area contributed by atoms with Crippen molar-refractivity contribution in [3.63, 3.8) is 0 Å². The molecule has 2 rings (SSSR count). The van der Waals surface area contributed by atoms with Gasteiger partial charge in [0.15, 0.2) is 14.9 Å². The normalized spacial score (nSPS) is 21.2. The highest BCUT2D eigenvalue weighted by atomic mass is 32.2. The van der Waals surface area contributed by atoms with Gasteiger partial charge in [-0.25, -0.2) is 8.42 Å². The molecule has 0 unspecified atom stereocenters. The molecule has 1 aliphatic heterocycles. The first-order chi connectivity index (χ1) is 7.58. The standard InChI is InChI=1S/C10H15N3O2S/c1-8-4-5-10(13-12-8)16(14,15)7-9-3-2-6-11-9/h4-5,9,11H,2-3,6-7H2,1H3/t9-/m1/s1. The molecule has 1 N–H and O–H groups in total. The summed E-state index contributed by atoms with van der Waals surface area (Å²) in [4.78, 5) is 0. The lowest BCUT2D eigenvalue weighted by Gasteiger charge is -2.09. The second kappa shape index (κ2) is 4.47. The van der Waals surface area contributed by atoms with Crippen molar-refractivity contribution in [3.05, 3.63) is 17.8 Å². The van der Waals surface area contributed by atoms with E-state index in [0.29, 0.717) is 0 Å². The zero-order chi connectivity index (χ0) is 11.6. The highest BCUT2D eigenvalue weighted by molar-refractivity contribution is 7.91. The van der Waals surface area contributed by atoms with Gasteiger partial charge in [-0.05, 0) is 38.4 Å². The van der Waals surface area contributed by atoms with E-state index in [0.717, 1.165) is 25.1 Å². The second-order valence-corrected chi connectivity index (χ2v) is 6.07. The molecule has 1 saturated heterocycles. The topological polar surface area (TPSA) is 72.0 Å². The smallest absolute Gasteiger partial charge is 0.198 e. The maximum absolute atomic E-state index is 12.0. The van der Waals surface area contributed by atoms with Crippen molar-refractivity contribution in [1.29, 1.82) is 0 Å². The predicted octanol–water partition coefficient (Wildman–Crippen LogP) is 0.311. The first kappa shape index (κ1) is 11.5. The van der Waals surface area contributed by atoms with Crippen LogP contribution in [0.2, 0.25) is 0 Å². The number of hydrogen-bond donors (Lipinski definition) is 1. The highest BCUT2D eigenvalue weighted by Gasteiger charge is 2.24. The predicted molar refractivity (Wildman–Crippen MR) is 59.8 cm³/mol. The van der Waals surface area contributed by atoms with Gasteiger partial charge in [0.1, 0.15) is 0 Å². The molecular weight excluding hydrogens is 226 g/mol. The molecule has 2 heterocycles. The summed E-state index contributed by atoms with van der Waals surface area (Å²) in [7, 11) is -3.30. The largest absolute Gasteiger partial charge is 0.313 e. The van der Waals surface area contributed by atoms with E-state index in [1.807, 2.05) is 0 Å². The molecular formula is C10H15N3O2S. The molecule has 0 saturated carbocycles. The average Bonchev–Trinajstić information content (AvgIpc) is 2.70. The maximum atomic E-state index is 12.0. The van der Waals surface area contributed by atoms with E-state index in [4.69, 9.17) is 0 Å². The van der Waals surface area contributed by atoms with Gasteiger partial charge in [0, 0.05) is 6.04 Å². The molecule has 5 nitrogen and oxygen atoms in total. The van der Waals surface area contributed by atoms with Gasteiger partial charge in [0.2, 0.25) is 0 Å². The quantitative estimate of drug-likeness (QED) is 0.824. The summed E-state index contributed by atoms with van der Waals surface area (Å²) >= 11 is 0. The molecule has 0 amide bonds. The van der Waals surface area contributed by atoms with Gasteiger partial charge in [-0.15, -0.1) is 5.10 Å². The lowest BCUT2D eigenvalue weighted by atomic mass is 10.3. The summed E-state index contributed by atoms with van der Waals surface area (Å²) in [6, 6.07) is 3.25. The third-order valence-corrected chi connectivity index (χ3v) is 4.37. The molecule has 0 aliphatic carbocycles. The highest BCUT2D eigenvalue weighted by Crippen LogP contribution is 2.13. The van der Waals surface area contributed by atoms with Gasteiger partial charge in [-0.1, -0.05) is 0 Å². The van der Waals surface area contributed by atoms with Crippen LogP contribution >= 0.6 is 0 Å². The number of aromatic nitrogens is 2. The molecule has 1 aromatic heterocycles. The number of aryl methyl sites for hydroxylation is 1. The lowest BCUT2D eigenvalue weighted by Crippen LogP contribution is -2.30. The number of rotatable bonds is 3. The van der Waals surface area contributed by atoms with Crippen LogP contribution in [0.1, 0.15) is 18.5 Å². The van der Waals surface area contributed by atoms with Crippen molar-refractivity contribution in [2.45, 2.75) is 30.8 Å². The molecule has 0 radical (unpaired) electrons. The first-order valence-electron chi connectivity index (χ1n) is 5.34. The van der Waals surface area contributed by atoms with Crippen molar-refractivity contribution in [2.75, 3.05) is 12.3 Å². The molecule has 0 spiro atoms. The second-order valence-electron chi connectivity index (χ2n) is 4.09. The zero-order valence-corrected chi connectivity index (χ0v) is 10.00. The van der Waals surface area contributed by atoms with Crippen LogP contribution in [0.15, 0.2) is 17.2 Å². The summed E-state index contributed by atoms with van der Waals surface area (Å²) in [6.45, 7) is 2.68. The summed E-state index contributed by atoms with van der Waals surface area (Å²) < 4.78 is 23.9. The Morgan fingerprint density at radius 1 is 1.44 bits per heavy atom. The summed E-state index contributed by atoms with van der Waals surface area (Å²) in [6.07, 6.45) is 1.96. The van der Waals surface area contributed by atoms with Gasteiger partial charge in [-0.3, -0.25) is 0 Å². The molecule has 1 aliphatic rings. The van der Waals surface area contributed by atoms with Crippen LogP contribution in [0.4, 0.5) is 0 Å². The Hall–Kier alpha value is -1.01. The lowest BCUT2D eigenvalue weighted by molar-refractivity contribution is 0.571. The monoisotopic (exact) mass is 241 g/mol. The van der Waals surface area contributed by atoms with Gasteiger partial charge >= 0.3 is 0 Å². The van der Waals surface area contributed by atoms with E-state index < -0.39 is 9.84 Å². The van der Waals surface area contributed by atoms with E-state index >= 15 is 0 Å². The fraction of sp³-hybridized carbons (Fsp3) is 0.600. The van der Waals surface area contributed by atoms with Crippen LogP contribution in [0.25, 0.3) is 0 Å². The number of sulfone groups is 1. The molecule has 16 heavy (non-hydrogen) atoms. The van der Waals surface area contributed by atoms with Crippen molar-refractivity contribution >= 4 is 9.84 Å². The van der Waals surface area contributed by atoms with Crippen LogP contribution in [-0.2, 0) is 9.84 Å². The summed E-state index contributed by atoms with van der Waals surface area (Å²) in [5.74, 6) is 0.116. The van der Waals surface area contributed by atoms with Crippen LogP contribution < -0.4 is 5.32 Å². The number of nitrogens with one attached hydrogen (secondary N) is 1. The van der Waals surface area contributed by atoms with Gasteiger partial charge in [-0.2, -0.15) is 5.10 Å². The van der Waals surface area contributed by atoms with Crippen molar-refractivity contribution in [2.24, 2.45) is 0 Å². The summed E-state index contributed by atoms with van der Waals surface area (Å²) in [5, 5.41) is 10.7. The zero-order valence-electron chi connectivity index (χ0n) is 9.18. The van der Waals surface area contributed by atoms with E-state index in [2.05, 4.69) is 15.5 Å². The molecule has 1 aromatic rings. The van der Waals surface area contributed by atoms with Crippen LogP contribution in [0.3, 0.4) is 0 Å². The SMILES string of the molecule is Cc1ccc(S(=O)(=O)C[C@H]2CCCN2)nn1. The van der Waals surface area contributed by atoms with Crippen molar-refractivity contribution < 1.29 is 8.42 Å². The van der Waals surface area contributed by atoms with E-state index in [1.54, 1.807) is 13.0 Å². The van der Waals surface area contributed by atoms with Gasteiger partial charge in [0.05, 0.1) is 11.4 Å². The average molecular weight is 241 g/mol. The Bertz CT molecular complexity index is 449. The molecule has 0 aromatic carbocycles. The van der Waals surface area contributed by atoms with E-state index in [-0.39, 0.29) is 16.8 Å². The third-order valence-electron chi connectivity index (χ3n) is 2.68. The van der Waals surface area contributed by atoms with E-state index in [9.17, 15) is 8.42 Å². The fourth-order valence-corrected chi connectivity index (χ4v) is 3.23. The van der Waals surface area contributed by atoms with E-state index in [1.165, 1.54) is 6.07 Å². The fourth-order valence-electron chi connectivity index (χ4n) is 1.80. The van der Waals surface area contributed by atoms with Gasteiger partial charge in [0.25, 0.3) is 0 Å². The minimum Gasteiger partial charge on any atom is -0.313 e. The van der Waals surface area contributed by atoms with Crippen LogP contribution in [0, 0.1) is 6.92 Å². The maximum Gasteiger partial charge on any atom is 0.198 e. The Labute approximate surface area is 95.2 Å². The Balaban J connectivity index is 2.14. The van der Waals surface area contributed by atoms with Crippen LogP contribution in [-0.4, -0.2) is 37.0 Å². The third kappa shape index (κ3) is 2.56. The molecule has 1 atom stereocenters. The first-order valence-corrected chi connectivity index (χ1v) is 7.00. The molecule has 0 bridgehead atoms. The Kier molecular flexibility index (Phi) is 3.20. The van der Waals surface area contributed by atoms with Gasteiger partial charge < -0.3 is 5.32 Å². The number of hydrogen-bond acceptors (Lipinski definition) is 5. The Morgan fingerprint density at radius 3 is 2.81 bits per heavy atom. The number of nitrogens with zero attached hydrogens (tertiary/aromatic N) is 2. The van der Waals surface area contributed by atoms with Crippen molar-refractivity contribution in [3.8, 4) is 0 Å². The molecule has 6 heteroatoms. The minimum absolute atomic E-state index is 0.0631. The molecule has 1 fully saturated rings. The van der Waals surface area contributed by atoms with Crippen LogP contribution in [0.5, 0.6) is 0 Å². The van der Waals surface area contributed by atoms with Crippen molar-refractivity contribution in [1.82, 2.24) is 15.5 Å². The minimum atomic E-state index is -3.30. The molecule has 88 valence electrons.